The first kappa shape index (κ1) is 12.8. The second kappa shape index (κ2) is 4.85. The highest BCUT2D eigenvalue weighted by Gasteiger charge is 2.56. The van der Waals surface area contributed by atoms with Crippen molar-refractivity contribution in [1.82, 2.24) is 4.98 Å². The maximum Gasteiger partial charge on any atom is 0.228 e. The van der Waals surface area contributed by atoms with Crippen molar-refractivity contribution in [1.29, 1.82) is 0 Å². The van der Waals surface area contributed by atoms with Crippen molar-refractivity contribution >= 4 is 23.2 Å². The van der Waals surface area contributed by atoms with Crippen LogP contribution in [0.15, 0.2) is 42.6 Å². The zero-order chi connectivity index (χ0) is 14.4. The lowest BCUT2D eigenvalue weighted by molar-refractivity contribution is -0.117. The highest BCUT2D eigenvalue weighted by atomic mass is 35.5. The van der Waals surface area contributed by atoms with E-state index < -0.39 is 0 Å². The summed E-state index contributed by atoms with van der Waals surface area (Å²) in [5, 5.41) is 3.39. The van der Waals surface area contributed by atoms with Crippen LogP contribution in [0.25, 0.3) is 0 Å². The summed E-state index contributed by atoms with van der Waals surface area (Å²) in [6.07, 6.45) is 3.79. The average molecular weight is 299 g/mol. The van der Waals surface area contributed by atoms with Crippen molar-refractivity contribution < 1.29 is 4.79 Å². The molecular formula is C17H15ClN2O. The Labute approximate surface area is 128 Å². The second-order valence-corrected chi connectivity index (χ2v) is 6.20. The highest BCUT2D eigenvalue weighted by Crippen LogP contribution is 2.60. The van der Waals surface area contributed by atoms with Gasteiger partial charge in [0.25, 0.3) is 0 Å². The highest BCUT2D eigenvalue weighted by molar-refractivity contribution is 6.29. The fourth-order valence-corrected chi connectivity index (χ4v) is 3.71. The molecule has 1 fully saturated rings. The summed E-state index contributed by atoms with van der Waals surface area (Å²) in [7, 11) is 0. The Hall–Kier alpha value is -1.87. The number of halogens is 1. The molecule has 3 nitrogen and oxygen atoms in total. The Balaban J connectivity index is 1.52. The van der Waals surface area contributed by atoms with Gasteiger partial charge in [-0.25, -0.2) is 4.98 Å². The lowest BCUT2D eigenvalue weighted by Crippen LogP contribution is -2.15. The number of amides is 1. The predicted octanol–water partition coefficient (Wildman–Crippen LogP) is 3.65. The van der Waals surface area contributed by atoms with E-state index in [1.54, 1.807) is 18.3 Å². The minimum absolute atomic E-state index is 0.101. The third-order valence-electron chi connectivity index (χ3n) is 4.63. The number of benzene rings is 1. The Morgan fingerprint density at radius 2 is 2.10 bits per heavy atom. The number of nitrogens with one attached hydrogen (secondary N) is 1. The minimum Gasteiger partial charge on any atom is -0.324 e. The number of carbonyl (C=O) groups is 1. The van der Waals surface area contributed by atoms with Gasteiger partial charge in [-0.15, -0.1) is 0 Å². The van der Waals surface area contributed by atoms with E-state index in [4.69, 9.17) is 11.6 Å². The summed E-state index contributed by atoms with van der Waals surface area (Å²) in [6.45, 7) is 0. The summed E-state index contributed by atoms with van der Waals surface area (Å²) in [6, 6.07) is 12.0. The van der Waals surface area contributed by atoms with E-state index in [-0.39, 0.29) is 11.8 Å². The Kier molecular flexibility index (Phi) is 2.96. The molecule has 0 spiro atoms. The number of rotatable bonds is 2. The van der Waals surface area contributed by atoms with Gasteiger partial charge in [-0.1, -0.05) is 35.9 Å². The van der Waals surface area contributed by atoms with Crippen LogP contribution >= 0.6 is 11.6 Å². The third-order valence-corrected chi connectivity index (χ3v) is 4.85. The van der Waals surface area contributed by atoms with Gasteiger partial charge in [-0.2, -0.15) is 0 Å². The topological polar surface area (TPSA) is 42.0 Å². The lowest BCUT2D eigenvalue weighted by atomic mass is 9.92. The van der Waals surface area contributed by atoms with Crippen LogP contribution in [0.4, 0.5) is 5.69 Å². The quantitative estimate of drug-likeness (QED) is 0.860. The molecule has 21 heavy (non-hydrogen) atoms. The van der Waals surface area contributed by atoms with Crippen molar-refractivity contribution in [3.63, 3.8) is 0 Å². The zero-order valence-corrected chi connectivity index (χ0v) is 12.2. The van der Waals surface area contributed by atoms with Gasteiger partial charge in [0.15, 0.2) is 0 Å². The fourth-order valence-electron chi connectivity index (χ4n) is 3.60. The maximum absolute atomic E-state index is 12.5. The molecule has 1 aromatic carbocycles. The van der Waals surface area contributed by atoms with Crippen LogP contribution in [-0.2, 0) is 11.2 Å². The fraction of sp³-hybridized carbons (Fsp3) is 0.294. The van der Waals surface area contributed by atoms with Crippen molar-refractivity contribution in [2.45, 2.75) is 18.8 Å². The molecule has 3 atom stereocenters. The number of aromatic nitrogens is 1. The summed E-state index contributed by atoms with van der Waals surface area (Å²) < 4.78 is 0. The normalized spacial score (nSPS) is 25.7. The van der Waals surface area contributed by atoms with Gasteiger partial charge in [0, 0.05) is 5.92 Å². The molecule has 0 bridgehead atoms. The number of hydrogen-bond donors (Lipinski definition) is 1. The molecule has 1 saturated carbocycles. The summed E-state index contributed by atoms with van der Waals surface area (Å²) in [4.78, 5) is 16.5. The van der Waals surface area contributed by atoms with Crippen LogP contribution in [0.1, 0.15) is 23.5 Å². The van der Waals surface area contributed by atoms with Crippen molar-refractivity contribution in [2.75, 3.05) is 5.32 Å². The van der Waals surface area contributed by atoms with Crippen LogP contribution in [0.3, 0.4) is 0 Å². The number of hydrogen-bond acceptors (Lipinski definition) is 2. The second-order valence-electron chi connectivity index (χ2n) is 5.81. The SMILES string of the molecule is O=C(Nc1ccc(Cl)nc1)C1C2CCc3ccccc3C21. The predicted molar refractivity (Wildman–Crippen MR) is 82.4 cm³/mol. The van der Waals surface area contributed by atoms with E-state index in [1.165, 1.54) is 11.1 Å². The third kappa shape index (κ3) is 2.22. The monoisotopic (exact) mass is 298 g/mol. The first-order chi connectivity index (χ1) is 10.2. The van der Waals surface area contributed by atoms with E-state index in [9.17, 15) is 4.79 Å². The van der Waals surface area contributed by atoms with Crippen molar-refractivity contribution in [3.8, 4) is 0 Å². The Morgan fingerprint density at radius 1 is 1.24 bits per heavy atom. The molecule has 1 heterocycles. The molecule has 3 unspecified atom stereocenters. The molecule has 1 N–H and O–H groups in total. The minimum atomic E-state index is 0.101. The van der Waals surface area contributed by atoms with Crippen molar-refractivity contribution in [3.05, 3.63) is 58.9 Å². The lowest BCUT2D eigenvalue weighted by Gasteiger charge is -2.13. The number of anilines is 1. The number of carbonyl (C=O) groups excluding carboxylic acids is 1. The molecular weight excluding hydrogens is 284 g/mol. The molecule has 1 amide bonds. The largest absolute Gasteiger partial charge is 0.324 e. The van der Waals surface area contributed by atoms with Gasteiger partial charge >= 0.3 is 0 Å². The van der Waals surface area contributed by atoms with E-state index in [0.29, 0.717) is 22.7 Å². The molecule has 2 aliphatic carbocycles. The van der Waals surface area contributed by atoms with Gasteiger partial charge < -0.3 is 5.32 Å². The van der Waals surface area contributed by atoms with Crippen LogP contribution < -0.4 is 5.32 Å². The van der Waals surface area contributed by atoms with Gasteiger partial charge in [-0.05, 0) is 47.9 Å². The number of nitrogens with zero attached hydrogens (tertiary/aromatic N) is 1. The van der Waals surface area contributed by atoms with Crippen molar-refractivity contribution in [2.24, 2.45) is 11.8 Å². The molecule has 4 rings (SSSR count). The molecule has 1 aromatic heterocycles. The maximum atomic E-state index is 12.5. The molecule has 0 saturated heterocycles. The van der Waals surface area contributed by atoms with Gasteiger partial charge in [0.1, 0.15) is 5.15 Å². The van der Waals surface area contributed by atoms with E-state index in [1.807, 2.05) is 0 Å². The number of fused-ring (bicyclic) bond motifs is 3. The Bertz CT molecular complexity index is 698. The van der Waals surface area contributed by atoms with Crippen LogP contribution in [0, 0.1) is 11.8 Å². The molecule has 4 heteroatoms. The molecule has 0 radical (unpaired) electrons. The van der Waals surface area contributed by atoms with Gasteiger partial charge in [0.05, 0.1) is 11.9 Å². The number of pyridine rings is 1. The average Bonchev–Trinajstić information content (AvgIpc) is 3.25. The van der Waals surface area contributed by atoms with Crippen LogP contribution in [0.5, 0.6) is 0 Å². The smallest absolute Gasteiger partial charge is 0.228 e. The van der Waals surface area contributed by atoms with Gasteiger partial charge in [-0.3, -0.25) is 4.79 Å². The summed E-state index contributed by atoms with van der Waals surface area (Å²) in [5.74, 6) is 1.10. The molecule has 2 aliphatic rings. The Morgan fingerprint density at radius 3 is 2.90 bits per heavy atom. The summed E-state index contributed by atoms with van der Waals surface area (Å²) >= 11 is 5.76. The zero-order valence-electron chi connectivity index (χ0n) is 11.4. The first-order valence-electron chi connectivity index (χ1n) is 7.24. The molecule has 0 aliphatic heterocycles. The van der Waals surface area contributed by atoms with E-state index in [2.05, 4.69) is 34.6 Å². The van der Waals surface area contributed by atoms with Gasteiger partial charge in [0.2, 0.25) is 5.91 Å². The van der Waals surface area contributed by atoms with Crippen LogP contribution in [0.2, 0.25) is 5.15 Å². The first-order valence-corrected chi connectivity index (χ1v) is 7.62. The van der Waals surface area contributed by atoms with E-state index in [0.717, 1.165) is 12.8 Å². The molecule has 106 valence electrons. The molecule has 2 aromatic rings. The van der Waals surface area contributed by atoms with Crippen LogP contribution in [-0.4, -0.2) is 10.9 Å². The number of aryl methyl sites for hydroxylation is 1. The standard InChI is InChI=1S/C17H15ClN2O/c18-14-8-6-11(9-19-14)20-17(21)16-13-7-5-10-3-1-2-4-12(10)15(13)16/h1-4,6,8-9,13,15-16H,5,7H2,(H,20,21). The summed E-state index contributed by atoms with van der Waals surface area (Å²) in [5.41, 5.74) is 3.48. The van der Waals surface area contributed by atoms with E-state index >= 15 is 0 Å².